The number of quaternary nitrogens is 1. The van der Waals surface area contributed by atoms with Crippen molar-refractivity contribution in [1.82, 2.24) is 14.9 Å². The number of hydrogen-bond acceptors (Lipinski definition) is 6. The van der Waals surface area contributed by atoms with Crippen LogP contribution in [0.2, 0.25) is 0 Å². The summed E-state index contributed by atoms with van der Waals surface area (Å²) in [4.78, 5) is 0. The molecule has 1 unspecified atom stereocenters. The summed E-state index contributed by atoms with van der Waals surface area (Å²) >= 11 is 1.58. The molecule has 2 heterocycles. The average Bonchev–Trinajstić information content (AvgIpc) is 3.16. The van der Waals surface area contributed by atoms with E-state index < -0.39 is 5.23 Å². The SMILES string of the molecule is [O-][NH+](O)c1cccc(-c2nnc3n2N[C@H](c2ccccc2)S3)c1. The van der Waals surface area contributed by atoms with Gasteiger partial charge in [-0.25, -0.2) is 9.88 Å². The van der Waals surface area contributed by atoms with Crippen molar-refractivity contribution in [1.29, 1.82) is 0 Å². The minimum absolute atomic E-state index is 0.0584. The molecule has 0 saturated carbocycles. The Morgan fingerprint density at radius 1 is 1.13 bits per heavy atom. The van der Waals surface area contributed by atoms with Gasteiger partial charge in [0.1, 0.15) is 5.37 Å². The zero-order valence-corrected chi connectivity index (χ0v) is 12.7. The molecule has 0 saturated heterocycles. The number of benzene rings is 2. The van der Waals surface area contributed by atoms with Crippen LogP contribution in [0.3, 0.4) is 0 Å². The second kappa shape index (κ2) is 5.67. The maximum atomic E-state index is 11.1. The molecule has 8 heteroatoms. The average molecular weight is 327 g/mol. The van der Waals surface area contributed by atoms with E-state index in [0.29, 0.717) is 11.4 Å². The Bertz CT molecular complexity index is 837. The van der Waals surface area contributed by atoms with Crippen molar-refractivity contribution in [2.24, 2.45) is 0 Å². The van der Waals surface area contributed by atoms with Gasteiger partial charge in [0.25, 0.3) is 0 Å². The Labute approximate surface area is 136 Å². The summed E-state index contributed by atoms with van der Waals surface area (Å²) in [5, 5.41) is 28.5. The van der Waals surface area contributed by atoms with E-state index in [2.05, 4.69) is 27.8 Å². The summed E-state index contributed by atoms with van der Waals surface area (Å²) in [6.07, 6.45) is 0. The van der Waals surface area contributed by atoms with E-state index in [9.17, 15) is 5.21 Å². The van der Waals surface area contributed by atoms with Gasteiger partial charge in [0.2, 0.25) is 5.16 Å². The number of thioether (sulfide) groups is 1. The van der Waals surface area contributed by atoms with Crippen molar-refractivity contribution in [2.45, 2.75) is 10.5 Å². The Morgan fingerprint density at radius 3 is 2.74 bits per heavy atom. The van der Waals surface area contributed by atoms with Crippen molar-refractivity contribution in [2.75, 3.05) is 5.43 Å². The molecular weight excluding hydrogens is 314 g/mol. The lowest BCUT2D eigenvalue weighted by atomic mass is 10.2. The lowest BCUT2D eigenvalue weighted by molar-refractivity contribution is -0.991. The molecule has 1 aromatic heterocycles. The molecule has 7 nitrogen and oxygen atoms in total. The molecule has 0 bridgehead atoms. The Hall–Kier alpha value is -2.39. The molecule has 23 heavy (non-hydrogen) atoms. The van der Waals surface area contributed by atoms with Gasteiger partial charge in [0.05, 0.1) is 0 Å². The quantitative estimate of drug-likeness (QED) is 0.634. The van der Waals surface area contributed by atoms with Crippen LogP contribution in [0.25, 0.3) is 11.4 Å². The molecule has 1 aliphatic heterocycles. The standard InChI is InChI=1S/C15H13N5O2S/c21-20(22)12-8-4-7-11(9-12)13-16-17-15-19(13)18-14(23-15)10-5-2-1-3-6-10/h1-9,14,18,20-21H/t14-/m0/s1. The fraction of sp³-hybridized carbons (Fsp3) is 0.0667. The van der Waals surface area contributed by atoms with Crippen LogP contribution in [-0.2, 0) is 0 Å². The number of nitrogens with zero attached hydrogens (tertiary/aromatic N) is 3. The van der Waals surface area contributed by atoms with Crippen LogP contribution in [-0.4, -0.2) is 20.1 Å². The fourth-order valence-corrected chi connectivity index (χ4v) is 3.46. The molecule has 3 aromatic rings. The monoisotopic (exact) mass is 327 g/mol. The van der Waals surface area contributed by atoms with Crippen LogP contribution in [0.15, 0.2) is 59.8 Å². The number of aromatic nitrogens is 3. The van der Waals surface area contributed by atoms with Crippen molar-refractivity contribution < 1.29 is 10.4 Å². The Kier molecular flexibility index (Phi) is 3.50. The van der Waals surface area contributed by atoms with Crippen LogP contribution >= 0.6 is 11.8 Å². The molecule has 0 amide bonds. The van der Waals surface area contributed by atoms with Gasteiger partial charge in [-0.1, -0.05) is 54.2 Å². The summed E-state index contributed by atoms with van der Waals surface area (Å²) in [5.41, 5.74) is 5.44. The molecule has 0 aliphatic carbocycles. The lowest BCUT2D eigenvalue weighted by Crippen LogP contribution is -2.99. The third kappa shape index (κ3) is 2.57. The summed E-state index contributed by atoms with van der Waals surface area (Å²) < 4.78 is 1.81. The fourth-order valence-electron chi connectivity index (χ4n) is 2.46. The molecule has 4 rings (SSSR count). The Morgan fingerprint density at radius 2 is 1.96 bits per heavy atom. The van der Waals surface area contributed by atoms with E-state index in [4.69, 9.17) is 5.21 Å². The number of nitrogens with one attached hydrogen (secondary N) is 2. The third-order valence-electron chi connectivity index (χ3n) is 3.57. The first-order valence-corrected chi connectivity index (χ1v) is 7.87. The molecule has 0 fully saturated rings. The van der Waals surface area contributed by atoms with E-state index >= 15 is 0 Å². The van der Waals surface area contributed by atoms with E-state index in [-0.39, 0.29) is 11.1 Å². The first-order chi connectivity index (χ1) is 11.2. The molecular formula is C15H13N5O2S. The molecule has 2 aromatic carbocycles. The predicted octanol–water partition coefficient (Wildman–Crippen LogP) is 1.70. The van der Waals surface area contributed by atoms with Crippen LogP contribution < -0.4 is 10.7 Å². The van der Waals surface area contributed by atoms with Gasteiger partial charge in [-0.2, -0.15) is 5.23 Å². The highest BCUT2D eigenvalue weighted by Crippen LogP contribution is 2.40. The summed E-state index contributed by atoms with van der Waals surface area (Å²) in [6, 6.07) is 16.8. The third-order valence-corrected chi connectivity index (χ3v) is 4.66. The first-order valence-electron chi connectivity index (χ1n) is 6.99. The molecule has 0 radical (unpaired) electrons. The van der Waals surface area contributed by atoms with Crippen molar-refractivity contribution in [3.8, 4) is 11.4 Å². The molecule has 3 N–H and O–H groups in total. The zero-order chi connectivity index (χ0) is 15.8. The van der Waals surface area contributed by atoms with E-state index in [1.165, 1.54) is 0 Å². The maximum absolute atomic E-state index is 11.1. The molecule has 2 atom stereocenters. The normalized spacial score (nSPS) is 17.6. The molecule has 1 aliphatic rings. The van der Waals surface area contributed by atoms with Gasteiger partial charge < -0.3 is 10.6 Å². The lowest BCUT2D eigenvalue weighted by Gasteiger charge is -2.13. The predicted molar refractivity (Wildman–Crippen MR) is 85.6 cm³/mol. The smallest absolute Gasteiger partial charge is 0.212 e. The van der Waals surface area contributed by atoms with Gasteiger partial charge in [-0.3, -0.25) is 0 Å². The minimum Gasteiger partial charge on any atom is -0.595 e. The van der Waals surface area contributed by atoms with Crippen LogP contribution in [0.5, 0.6) is 0 Å². The van der Waals surface area contributed by atoms with E-state index in [1.54, 1.807) is 30.0 Å². The molecule has 116 valence electrons. The van der Waals surface area contributed by atoms with Gasteiger partial charge in [0.15, 0.2) is 11.5 Å². The van der Waals surface area contributed by atoms with Gasteiger partial charge in [0, 0.05) is 17.7 Å². The Balaban J connectivity index is 1.67. The summed E-state index contributed by atoms with van der Waals surface area (Å²) in [5.74, 6) is 0.606. The summed E-state index contributed by atoms with van der Waals surface area (Å²) in [7, 11) is 0. The highest BCUT2D eigenvalue weighted by Gasteiger charge is 2.28. The van der Waals surface area contributed by atoms with Gasteiger partial charge >= 0.3 is 0 Å². The summed E-state index contributed by atoms with van der Waals surface area (Å²) in [6.45, 7) is 0. The maximum Gasteiger partial charge on any atom is 0.212 e. The second-order valence-corrected chi connectivity index (χ2v) is 6.14. The minimum atomic E-state index is -0.961. The van der Waals surface area contributed by atoms with Crippen LogP contribution in [0.1, 0.15) is 10.9 Å². The van der Waals surface area contributed by atoms with Crippen molar-refractivity contribution in [3.63, 3.8) is 0 Å². The van der Waals surface area contributed by atoms with E-state index in [1.807, 2.05) is 28.9 Å². The number of rotatable bonds is 3. The van der Waals surface area contributed by atoms with Gasteiger partial charge in [-0.15, -0.1) is 10.2 Å². The second-order valence-electron chi connectivity index (χ2n) is 5.07. The van der Waals surface area contributed by atoms with Crippen LogP contribution in [0, 0.1) is 5.21 Å². The topological polar surface area (TPSA) is 90.5 Å². The van der Waals surface area contributed by atoms with E-state index in [0.717, 1.165) is 10.7 Å². The number of hydrogen-bond donors (Lipinski definition) is 3. The zero-order valence-electron chi connectivity index (χ0n) is 11.9. The van der Waals surface area contributed by atoms with Gasteiger partial charge in [-0.05, 0) is 5.56 Å². The first kappa shape index (κ1) is 14.2. The number of fused-ring (bicyclic) bond motifs is 1. The largest absolute Gasteiger partial charge is 0.595 e. The molecule has 0 spiro atoms. The van der Waals surface area contributed by atoms with Crippen molar-refractivity contribution >= 4 is 17.4 Å². The highest BCUT2D eigenvalue weighted by molar-refractivity contribution is 7.99. The van der Waals surface area contributed by atoms with Crippen LogP contribution in [0.4, 0.5) is 5.69 Å². The van der Waals surface area contributed by atoms with Crippen molar-refractivity contribution in [3.05, 3.63) is 65.4 Å². The highest BCUT2D eigenvalue weighted by atomic mass is 32.2.